The maximum absolute atomic E-state index is 4.96. The fraction of sp³-hybridized carbons (Fsp3) is 0. The molecule has 12 aromatic rings. The lowest BCUT2D eigenvalue weighted by Crippen LogP contribution is -1.95. The Bertz CT molecular complexity index is 3820. The molecule has 0 radical (unpaired) electrons. The minimum atomic E-state index is 0.565. The number of aromatic nitrogens is 12. The second kappa shape index (κ2) is 21.7. The lowest BCUT2D eigenvalue weighted by molar-refractivity contribution is 1.19. The van der Waals surface area contributed by atoms with Crippen molar-refractivity contribution >= 4 is 0 Å². The number of pyridine rings is 12. The number of hydrogen-bond donors (Lipinski definition) is 0. The zero-order valence-corrected chi connectivity index (χ0v) is 42.2. The highest BCUT2D eigenvalue weighted by atomic mass is 14.9. The fourth-order valence-electron chi connectivity index (χ4n) is 8.57. The van der Waals surface area contributed by atoms with Crippen molar-refractivity contribution in [2.45, 2.75) is 0 Å². The van der Waals surface area contributed by atoms with Gasteiger partial charge in [-0.2, -0.15) is 0 Å². The van der Waals surface area contributed by atoms with Gasteiger partial charge in [-0.05, 0) is 193 Å². The van der Waals surface area contributed by atoms with Crippen molar-refractivity contribution in [3.05, 3.63) is 264 Å². The van der Waals surface area contributed by atoms with E-state index in [1.165, 1.54) is 0 Å². The molecule has 80 heavy (non-hydrogen) atoms. The van der Waals surface area contributed by atoms with Gasteiger partial charge in [0.25, 0.3) is 0 Å². The quantitative estimate of drug-likeness (QED) is 0.133. The summed E-state index contributed by atoms with van der Waals surface area (Å²) in [5.74, 6) is 25.6. The van der Waals surface area contributed by atoms with Crippen LogP contribution in [0.25, 0.3) is 91.1 Å². The van der Waals surface area contributed by atoms with Gasteiger partial charge in [0.05, 0.1) is 91.1 Å². The summed E-state index contributed by atoms with van der Waals surface area (Å²) >= 11 is 0. The zero-order chi connectivity index (χ0) is 53.5. The smallest absolute Gasteiger partial charge is 0.114 e. The van der Waals surface area contributed by atoms with Crippen LogP contribution in [0, 0.1) is 47.4 Å². The molecular formula is C68H36N12. The summed E-state index contributed by atoms with van der Waals surface area (Å²) in [6.07, 6.45) is 0. The van der Waals surface area contributed by atoms with E-state index in [1.54, 1.807) is 0 Å². The van der Waals surface area contributed by atoms with Crippen LogP contribution in [0.2, 0.25) is 0 Å². The number of rotatable bonds is 0. The van der Waals surface area contributed by atoms with E-state index in [-0.39, 0.29) is 0 Å². The van der Waals surface area contributed by atoms with Gasteiger partial charge in [-0.25, -0.2) is 59.8 Å². The van der Waals surface area contributed by atoms with E-state index in [9.17, 15) is 0 Å². The maximum Gasteiger partial charge on any atom is 0.114 e. The number of hydrogen-bond acceptors (Lipinski definition) is 12. The Labute approximate surface area is 460 Å². The van der Waals surface area contributed by atoms with Crippen molar-refractivity contribution in [3.8, 4) is 138 Å². The van der Waals surface area contributed by atoms with Crippen LogP contribution in [0.1, 0.15) is 45.6 Å². The number of fused-ring (bicyclic) bond motifs is 32. The van der Waals surface area contributed by atoms with E-state index in [0.29, 0.717) is 137 Å². The summed E-state index contributed by atoms with van der Waals surface area (Å²) in [5.41, 5.74) is 15.2. The van der Waals surface area contributed by atoms with Crippen molar-refractivity contribution in [2.75, 3.05) is 0 Å². The van der Waals surface area contributed by atoms with Crippen LogP contribution in [0.4, 0.5) is 0 Å². The predicted molar refractivity (Wildman–Crippen MR) is 307 cm³/mol. The summed E-state index contributed by atoms with van der Waals surface area (Å²) in [6, 6.07) is 68.5. The molecule has 0 saturated heterocycles. The Kier molecular flexibility index (Phi) is 13.0. The summed E-state index contributed by atoms with van der Waals surface area (Å²) in [6.45, 7) is 0. The van der Waals surface area contributed by atoms with Crippen LogP contribution < -0.4 is 0 Å². The van der Waals surface area contributed by atoms with Gasteiger partial charge in [0.1, 0.15) is 45.6 Å². The van der Waals surface area contributed by atoms with Gasteiger partial charge < -0.3 is 0 Å². The first-order valence-electron chi connectivity index (χ1n) is 25.3. The Hall–Kier alpha value is -12.0. The molecule has 12 heteroatoms. The zero-order valence-electron chi connectivity index (χ0n) is 42.2. The van der Waals surface area contributed by atoms with E-state index in [2.05, 4.69) is 47.4 Å². The summed E-state index contributed by atoms with van der Waals surface area (Å²) < 4.78 is 0. The molecule has 0 aromatic carbocycles. The SMILES string of the molecule is C1#Cc2cccc(n2)-c2cccc(n2)-c2cccc(n2)C#Cc2cccc(n2)-c2cccc(n2)-c2cccc(n2)C#Cc2cccc(n2)-c2cccc(n2)-c2cccc(n2)C#Cc2cccc(n2)-c2cccc(n2)-c2cccc1n2. The third-order valence-corrected chi connectivity index (χ3v) is 12.4. The standard InChI is InChI=1S/C68H36N12/c1-13-45-37-38-46-14-2-23-55(70-46)63-31-10-32-64(78-63)56-24-5-17-49(73-56)41-42-50-18-6-27-59(74-50)67-35-12-36-68(80-67)60-28-8-20-52(76-60)44-43-51-19-7-26-58(75-51)66-34-11-33-65(79-66)57-25-4-16-48(72-57)40-39-47-15-3-22-54(71-47)62-30-9-29-61(77-62)53(21-1)69-45/h1-36H. The third kappa shape index (κ3) is 10.9. The molecule has 0 spiro atoms. The van der Waals surface area contributed by atoms with Crippen molar-refractivity contribution < 1.29 is 0 Å². The van der Waals surface area contributed by atoms with E-state index in [4.69, 9.17) is 59.8 Å². The first-order valence-corrected chi connectivity index (χ1v) is 25.3. The molecule has 24 bridgehead atoms. The lowest BCUT2D eigenvalue weighted by atomic mass is 10.1. The monoisotopic (exact) mass is 1020 g/mol. The average Bonchev–Trinajstić information content (AvgIpc) is 3.53. The van der Waals surface area contributed by atoms with E-state index in [1.807, 2.05) is 218 Å². The van der Waals surface area contributed by atoms with Gasteiger partial charge in [0.2, 0.25) is 0 Å². The van der Waals surface area contributed by atoms with Crippen molar-refractivity contribution in [3.63, 3.8) is 0 Å². The van der Waals surface area contributed by atoms with Crippen LogP contribution in [0.15, 0.2) is 218 Å². The molecule has 1 aliphatic rings. The summed E-state index contributed by atoms with van der Waals surface area (Å²) in [4.78, 5) is 58.7. The summed E-state index contributed by atoms with van der Waals surface area (Å²) in [7, 11) is 0. The molecule has 0 atom stereocenters. The van der Waals surface area contributed by atoms with Gasteiger partial charge in [0, 0.05) is 0 Å². The second-order valence-corrected chi connectivity index (χ2v) is 17.9. The van der Waals surface area contributed by atoms with E-state index >= 15 is 0 Å². The first-order chi connectivity index (χ1) is 39.5. The largest absolute Gasteiger partial charge is 0.245 e. The maximum atomic E-state index is 4.96. The molecule has 13 rings (SSSR count). The number of nitrogens with zero attached hydrogens (tertiary/aromatic N) is 12. The fourth-order valence-corrected chi connectivity index (χ4v) is 8.57. The van der Waals surface area contributed by atoms with Gasteiger partial charge in [0.15, 0.2) is 0 Å². The molecule has 368 valence electrons. The van der Waals surface area contributed by atoms with Crippen molar-refractivity contribution in [2.24, 2.45) is 0 Å². The molecule has 0 amide bonds. The topological polar surface area (TPSA) is 155 Å². The Balaban J connectivity index is 0.852. The van der Waals surface area contributed by atoms with Crippen LogP contribution in [0.5, 0.6) is 0 Å². The predicted octanol–water partition coefficient (Wildman–Crippen LogP) is 11.7. The minimum absolute atomic E-state index is 0.565. The molecule has 0 aliphatic carbocycles. The van der Waals surface area contributed by atoms with E-state index in [0.717, 1.165) is 0 Å². The Morgan fingerprint density at radius 3 is 0.350 bits per heavy atom. The highest BCUT2D eigenvalue weighted by Crippen LogP contribution is 2.26. The molecule has 0 N–H and O–H groups in total. The first kappa shape index (κ1) is 47.7. The molecule has 12 aromatic heterocycles. The van der Waals surface area contributed by atoms with Gasteiger partial charge in [-0.3, -0.25) is 0 Å². The normalized spacial score (nSPS) is 11.0. The minimum Gasteiger partial charge on any atom is -0.245 e. The van der Waals surface area contributed by atoms with Gasteiger partial charge in [-0.15, -0.1) is 0 Å². The Morgan fingerprint density at radius 1 is 0.125 bits per heavy atom. The lowest BCUT2D eigenvalue weighted by Gasteiger charge is -2.06. The summed E-state index contributed by atoms with van der Waals surface area (Å²) in [5, 5.41) is 0. The average molecular weight is 1020 g/mol. The highest BCUT2D eigenvalue weighted by Gasteiger charge is 2.12. The van der Waals surface area contributed by atoms with Crippen molar-refractivity contribution in [1.82, 2.24) is 59.8 Å². The van der Waals surface area contributed by atoms with Crippen LogP contribution >= 0.6 is 0 Å². The van der Waals surface area contributed by atoms with Gasteiger partial charge in [-0.1, -0.05) is 72.8 Å². The molecule has 0 unspecified atom stereocenters. The molecule has 0 saturated carbocycles. The molecule has 0 fully saturated rings. The molecule has 13 heterocycles. The van der Waals surface area contributed by atoms with Crippen LogP contribution in [0.3, 0.4) is 0 Å². The Morgan fingerprint density at radius 2 is 0.225 bits per heavy atom. The van der Waals surface area contributed by atoms with Crippen LogP contribution in [-0.4, -0.2) is 59.8 Å². The van der Waals surface area contributed by atoms with Crippen LogP contribution in [-0.2, 0) is 0 Å². The van der Waals surface area contributed by atoms with Gasteiger partial charge >= 0.3 is 0 Å². The van der Waals surface area contributed by atoms with E-state index < -0.39 is 0 Å². The van der Waals surface area contributed by atoms with Crippen molar-refractivity contribution in [1.29, 1.82) is 0 Å². The third-order valence-electron chi connectivity index (χ3n) is 12.4. The molecule has 12 nitrogen and oxygen atoms in total. The molecule has 1 aliphatic heterocycles. The molecular weight excluding hydrogens is 985 g/mol. The second-order valence-electron chi connectivity index (χ2n) is 17.9. The highest BCUT2D eigenvalue weighted by molar-refractivity contribution is 5.67.